The van der Waals surface area contributed by atoms with Gasteiger partial charge >= 0.3 is 0 Å². The van der Waals surface area contributed by atoms with Gasteiger partial charge in [0.25, 0.3) is 0 Å². The van der Waals surface area contributed by atoms with Crippen molar-refractivity contribution in [3.8, 4) is 45.3 Å². The Morgan fingerprint density at radius 3 is 1.90 bits per heavy atom. The van der Waals surface area contributed by atoms with Gasteiger partial charge in [0, 0.05) is 50.4 Å². The molecule has 0 saturated heterocycles. The Kier molecular flexibility index (Phi) is 7.35. The van der Waals surface area contributed by atoms with E-state index in [1.54, 1.807) is 0 Å². The van der Waals surface area contributed by atoms with Crippen molar-refractivity contribution in [1.82, 2.24) is 24.1 Å². The molecule has 0 bridgehead atoms. The second-order valence-corrected chi connectivity index (χ2v) is 13.5. The highest BCUT2D eigenvalue weighted by atomic mass is 15.0. The lowest BCUT2D eigenvalue weighted by molar-refractivity contribution is 0.964. The van der Waals surface area contributed by atoms with Gasteiger partial charge in [0.2, 0.25) is 0 Å². The van der Waals surface area contributed by atoms with Crippen LogP contribution in [0.3, 0.4) is 0 Å². The Hall–Kier alpha value is -6.59. The van der Waals surface area contributed by atoms with Gasteiger partial charge in [0.1, 0.15) is 0 Å². The molecule has 0 amide bonds. The molecule has 0 aliphatic heterocycles. The summed E-state index contributed by atoms with van der Waals surface area (Å²) < 4.78 is 4.85. The molecule has 3 aromatic heterocycles. The van der Waals surface area contributed by atoms with E-state index in [4.69, 9.17) is 15.0 Å². The lowest BCUT2D eigenvalue weighted by Gasteiger charge is -2.14. The largest absolute Gasteiger partial charge is 0.320 e. The number of rotatable bonds is 6. The number of allylic oxidation sites excluding steroid dienone is 8. The van der Waals surface area contributed by atoms with Gasteiger partial charge in [-0.25, -0.2) is 15.0 Å². The summed E-state index contributed by atoms with van der Waals surface area (Å²) >= 11 is 0. The van der Waals surface area contributed by atoms with Gasteiger partial charge in [-0.05, 0) is 79.3 Å². The fraction of sp³-hybridized carbons (Fsp3) is 0.0851. The molecule has 0 spiro atoms. The normalized spacial score (nSPS) is 14.3. The molecule has 0 unspecified atom stereocenters. The molecule has 2 aliphatic carbocycles. The Balaban J connectivity index is 1.13. The molecule has 8 aromatic rings. The van der Waals surface area contributed by atoms with Crippen molar-refractivity contribution < 1.29 is 0 Å². The molecule has 2 aliphatic rings. The molecule has 0 N–H and O–H groups in total. The van der Waals surface area contributed by atoms with Crippen molar-refractivity contribution in [2.75, 3.05) is 0 Å². The molecular weight excluding hydrogens is 635 g/mol. The summed E-state index contributed by atoms with van der Waals surface area (Å²) in [6.45, 7) is 0. The SMILES string of the molecule is C1=CCCC(n2ccc3c2ccc2c4cc(-c5cccc(-c6nc(-c7ccccc7)nc(-c7ccccc7)n6)c5)ccc4n(C4=CCCC=C4)c23)=C1. The summed E-state index contributed by atoms with van der Waals surface area (Å²) in [5.74, 6) is 1.97. The monoisotopic (exact) mass is 669 g/mol. The molecule has 0 radical (unpaired) electrons. The molecule has 248 valence electrons. The summed E-state index contributed by atoms with van der Waals surface area (Å²) in [5, 5.41) is 3.77. The average molecular weight is 670 g/mol. The minimum absolute atomic E-state index is 0.652. The molecule has 0 atom stereocenters. The Morgan fingerprint density at radius 1 is 0.500 bits per heavy atom. The van der Waals surface area contributed by atoms with E-state index in [9.17, 15) is 0 Å². The van der Waals surface area contributed by atoms with Crippen LogP contribution in [-0.4, -0.2) is 24.1 Å². The van der Waals surface area contributed by atoms with E-state index in [1.165, 1.54) is 44.1 Å². The van der Waals surface area contributed by atoms with E-state index < -0.39 is 0 Å². The van der Waals surface area contributed by atoms with Gasteiger partial charge in [0.15, 0.2) is 17.5 Å². The van der Waals surface area contributed by atoms with Crippen molar-refractivity contribution in [3.05, 3.63) is 164 Å². The maximum atomic E-state index is 5.00. The fourth-order valence-corrected chi connectivity index (χ4v) is 7.76. The van der Waals surface area contributed by atoms with Crippen molar-refractivity contribution in [3.63, 3.8) is 0 Å². The zero-order chi connectivity index (χ0) is 34.4. The number of aromatic nitrogens is 5. The van der Waals surface area contributed by atoms with E-state index in [-0.39, 0.29) is 0 Å². The Labute approximate surface area is 302 Å². The van der Waals surface area contributed by atoms with Crippen LogP contribution in [0, 0.1) is 0 Å². The van der Waals surface area contributed by atoms with Crippen molar-refractivity contribution in [1.29, 1.82) is 0 Å². The highest BCUT2D eigenvalue weighted by Crippen LogP contribution is 2.40. The molecule has 52 heavy (non-hydrogen) atoms. The van der Waals surface area contributed by atoms with Crippen LogP contribution >= 0.6 is 0 Å². The van der Waals surface area contributed by atoms with Crippen molar-refractivity contribution in [2.45, 2.75) is 25.7 Å². The van der Waals surface area contributed by atoms with Gasteiger partial charge in [-0.15, -0.1) is 0 Å². The maximum Gasteiger partial charge on any atom is 0.164 e. The Morgan fingerprint density at radius 2 is 1.19 bits per heavy atom. The summed E-state index contributed by atoms with van der Waals surface area (Å²) in [4.78, 5) is 14.9. The first kappa shape index (κ1) is 30.3. The van der Waals surface area contributed by atoms with Gasteiger partial charge < -0.3 is 9.13 Å². The summed E-state index contributed by atoms with van der Waals surface area (Å²) in [5.41, 5.74) is 11.4. The van der Waals surface area contributed by atoms with Crippen molar-refractivity contribution in [2.24, 2.45) is 0 Å². The fourth-order valence-electron chi connectivity index (χ4n) is 7.76. The van der Waals surface area contributed by atoms with Gasteiger partial charge in [-0.1, -0.05) is 115 Å². The standard InChI is InChI=1S/C47H35N5/c1-5-14-32(15-6-1)45-48-46(33-16-7-2-8-17-33)50-47(49-45)36-19-13-18-34(30-36)35-24-26-43-41(31-35)39-25-27-42-40(28-29-51(42)37-20-9-3-10-21-37)44(39)52(43)38-22-11-4-12-23-38/h1-3,5-9,11,13-20,22-31H,4,10,12,21H2. The molecular formula is C47H35N5. The molecule has 10 rings (SSSR count). The molecule has 0 fully saturated rings. The third kappa shape index (κ3) is 5.21. The first-order valence-electron chi connectivity index (χ1n) is 18.1. The molecule has 5 heteroatoms. The van der Waals surface area contributed by atoms with E-state index in [1.807, 2.05) is 60.7 Å². The molecule has 5 nitrogen and oxygen atoms in total. The van der Waals surface area contributed by atoms with Crippen LogP contribution in [0.15, 0.2) is 164 Å². The zero-order valence-corrected chi connectivity index (χ0v) is 28.7. The van der Waals surface area contributed by atoms with Crippen LogP contribution in [0.2, 0.25) is 0 Å². The highest BCUT2D eigenvalue weighted by molar-refractivity contribution is 6.20. The van der Waals surface area contributed by atoms with Crippen LogP contribution in [0.5, 0.6) is 0 Å². The molecule has 0 saturated carbocycles. The molecule has 3 heterocycles. The number of hydrogen-bond acceptors (Lipinski definition) is 3. The van der Waals surface area contributed by atoms with Crippen LogP contribution in [0.4, 0.5) is 0 Å². The topological polar surface area (TPSA) is 48.5 Å². The highest BCUT2D eigenvalue weighted by Gasteiger charge is 2.20. The molecule has 5 aromatic carbocycles. The minimum atomic E-state index is 0.652. The summed E-state index contributed by atoms with van der Waals surface area (Å²) in [7, 11) is 0. The summed E-state index contributed by atoms with van der Waals surface area (Å²) in [6, 6.07) is 42.7. The third-order valence-corrected chi connectivity index (χ3v) is 10.3. The number of hydrogen-bond donors (Lipinski definition) is 0. The van der Waals surface area contributed by atoms with E-state index in [2.05, 4.69) is 112 Å². The van der Waals surface area contributed by atoms with Gasteiger partial charge in [-0.3, -0.25) is 0 Å². The number of benzene rings is 5. The quantitative estimate of drug-likeness (QED) is 0.177. The minimum Gasteiger partial charge on any atom is -0.320 e. The zero-order valence-electron chi connectivity index (χ0n) is 28.7. The average Bonchev–Trinajstić information content (AvgIpc) is 3.81. The van der Waals surface area contributed by atoms with E-state index >= 15 is 0 Å². The van der Waals surface area contributed by atoms with Crippen LogP contribution in [0.25, 0.3) is 89.4 Å². The Bertz CT molecular complexity index is 2720. The van der Waals surface area contributed by atoms with E-state index in [0.717, 1.165) is 53.5 Å². The number of fused-ring (bicyclic) bond motifs is 5. The first-order valence-corrected chi connectivity index (χ1v) is 18.1. The maximum absolute atomic E-state index is 5.00. The first-order chi connectivity index (χ1) is 25.8. The van der Waals surface area contributed by atoms with Gasteiger partial charge in [-0.2, -0.15) is 0 Å². The van der Waals surface area contributed by atoms with Crippen LogP contribution in [-0.2, 0) is 0 Å². The van der Waals surface area contributed by atoms with Crippen LogP contribution in [0.1, 0.15) is 25.7 Å². The lowest BCUT2D eigenvalue weighted by atomic mass is 10.00. The smallest absolute Gasteiger partial charge is 0.164 e. The van der Waals surface area contributed by atoms with Gasteiger partial charge in [0.05, 0.1) is 16.6 Å². The third-order valence-electron chi connectivity index (χ3n) is 10.3. The second-order valence-electron chi connectivity index (χ2n) is 13.5. The second kappa shape index (κ2) is 12.6. The predicted molar refractivity (Wildman–Crippen MR) is 215 cm³/mol. The van der Waals surface area contributed by atoms with Crippen molar-refractivity contribution >= 4 is 44.1 Å². The van der Waals surface area contributed by atoms with Crippen LogP contribution < -0.4 is 0 Å². The summed E-state index contributed by atoms with van der Waals surface area (Å²) in [6.07, 6.45) is 20.1. The lowest BCUT2D eigenvalue weighted by Crippen LogP contribution is -2.00. The van der Waals surface area contributed by atoms with E-state index in [0.29, 0.717) is 17.5 Å². The number of nitrogens with zero attached hydrogens (tertiary/aromatic N) is 5. The predicted octanol–water partition coefficient (Wildman–Crippen LogP) is 12.0.